The zero-order valence-electron chi connectivity index (χ0n) is 4.96. The molecule has 2 amide bonds. The van der Waals surface area contributed by atoms with Crippen molar-refractivity contribution in [1.82, 2.24) is 10.6 Å². The van der Waals surface area contributed by atoms with Gasteiger partial charge in [0.1, 0.15) is 0 Å². The summed E-state index contributed by atoms with van der Waals surface area (Å²) in [7, 11) is 0. The number of carbonyl (C=O) groups is 2. The summed E-state index contributed by atoms with van der Waals surface area (Å²) in [6.45, 7) is 0.981. The van der Waals surface area contributed by atoms with Crippen LogP contribution in [-0.2, 0) is 9.59 Å². The molecular formula is C5H9N2O2. The summed E-state index contributed by atoms with van der Waals surface area (Å²) in [6, 6.07) is 0. The van der Waals surface area contributed by atoms with Crippen LogP contribution in [-0.4, -0.2) is 25.9 Å². The fourth-order valence-electron chi connectivity index (χ4n) is 0.335. The molecule has 2 N–H and O–H groups in total. The van der Waals surface area contributed by atoms with E-state index < -0.39 is 0 Å². The van der Waals surface area contributed by atoms with Crippen LogP contribution in [0.1, 0.15) is 0 Å². The van der Waals surface area contributed by atoms with Gasteiger partial charge in [0.05, 0.1) is 0 Å². The topological polar surface area (TPSA) is 58.2 Å². The molecule has 1 radical (unpaired) electrons. The van der Waals surface area contributed by atoms with Gasteiger partial charge in [0.25, 0.3) is 0 Å². The lowest BCUT2D eigenvalue weighted by atomic mass is 10.4. The van der Waals surface area contributed by atoms with E-state index in [1.807, 2.05) is 0 Å². The first kappa shape index (κ1) is 7.94. The fraction of sp³-hybridized carbons (Fsp3) is 0.400. The molecule has 0 fully saturated rings. The molecule has 0 heterocycles. The predicted octanol–water partition coefficient (Wildman–Crippen LogP) is -1.32. The van der Waals surface area contributed by atoms with Crippen molar-refractivity contribution in [1.29, 1.82) is 0 Å². The largest absolute Gasteiger partial charge is 0.358 e. The highest BCUT2D eigenvalue weighted by molar-refractivity contribution is 5.47. The fourth-order valence-corrected chi connectivity index (χ4v) is 0.335. The van der Waals surface area contributed by atoms with E-state index in [2.05, 4.69) is 10.6 Å². The molecule has 0 atom stereocenters. The summed E-state index contributed by atoms with van der Waals surface area (Å²) in [5.41, 5.74) is 0. The quantitative estimate of drug-likeness (QED) is 0.345. The van der Waals surface area contributed by atoms with Crippen molar-refractivity contribution in [3.63, 3.8) is 0 Å². The third kappa shape index (κ3) is 6.94. The van der Waals surface area contributed by atoms with Gasteiger partial charge < -0.3 is 10.6 Å². The van der Waals surface area contributed by atoms with Gasteiger partial charge >= 0.3 is 0 Å². The Balaban J connectivity index is 2.74. The summed E-state index contributed by atoms with van der Waals surface area (Å²) < 4.78 is 0. The molecule has 51 valence electrons. The molecule has 4 nitrogen and oxygen atoms in total. The minimum atomic E-state index is 0.490. The van der Waals surface area contributed by atoms with Crippen molar-refractivity contribution in [3.8, 4) is 0 Å². The zero-order chi connectivity index (χ0) is 6.95. The van der Waals surface area contributed by atoms with E-state index in [0.29, 0.717) is 25.9 Å². The lowest BCUT2D eigenvalue weighted by Crippen LogP contribution is -2.20. The molecule has 0 aromatic carbocycles. The molecule has 0 bridgehead atoms. The smallest absolute Gasteiger partial charge is 0.207 e. The molecule has 0 saturated heterocycles. The molecule has 0 aromatic heterocycles. The monoisotopic (exact) mass is 129 g/mol. The van der Waals surface area contributed by atoms with E-state index in [0.717, 1.165) is 0 Å². The molecule has 0 aliphatic carbocycles. The number of rotatable bonds is 6. The molecular weight excluding hydrogens is 120 g/mol. The molecule has 4 heteroatoms. The van der Waals surface area contributed by atoms with E-state index in [9.17, 15) is 9.59 Å². The van der Waals surface area contributed by atoms with E-state index in [4.69, 9.17) is 0 Å². The van der Waals surface area contributed by atoms with Gasteiger partial charge in [-0.1, -0.05) is 0 Å². The summed E-state index contributed by atoms with van der Waals surface area (Å²) >= 11 is 0. The van der Waals surface area contributed by atoms with Crippen LogP contribution in [0.25, 0.3) is 0 Å². The minimum Gasteiger partial charge on any atom is -0.358 e. The van der Waals surface area contributed by atoms with E-state index >= 15 is 0 Å². The van der Waals surface area contributed by atoms with Gasteiger partial charge in [0, 0.05) is 13.1 Å². The molecule has 0 aliphatic rings. The molecule has 0 aliphatic heterocycles. The van der Waals surface area contributed by atoms with E-state index in [-0.39, 0.29) is 0 Å². The van der Waals surface area contributed by atoms with Crippen molar-refractivity contribution in [2.24, 2.45) is 0 Å². The molecule has 0 saturated carbocycles. The molecule has 0 spiro atoms. The highest BCUT2D eigenvalue weighted by Gasteiger charge is 1.82. The second-order valence-electron chi connectivity index (χ2n) is 1.34. The summed E-state index contributed by atoms with van der Waals surface area (Å²) in [4.78, 5) is 19.2. The number of hydrogen-bond donors (Lipinski definition) is 2. The first-order valence-corrected chi connectivity index (χ1v) is 2.57. The number of hydrogen-bond acceptors (Lipinski definition) is 2. The van der Waals surface area contributed by atoms with Gasteiger partial charge in [-0.15, -0.1) is 0 Å². The molecule has 9 heavy (non-hydrogen) atoms. The van der Waals surface area contributed by atoms with Crippen molar-refractivity contribution in [3.05, 3.63) is 6.42 Å². The second-order valence-corrected chi connectivity index (χ2v) is 1.34. The van der Waals surface area contributed by atoms with Gasteiger partial charge in [0.2, 0.25) is 12.8 Å². The zero-order valence-corrected chi connectivity index (χ0v) is 4.96. The Morgan fingerprint density at radius 2 is 1.44 bits per heavy atom. The predicted molar refractivity (Wildman–Crippen MR) is 32.4 cm³/mol. The Morgan fingerprint density at radius 3 is 1.78 bits per heavy atom. The van der Waals surface area contributed by atoms with Crippen LogP contribution in [0.4, 0.5) is 0 Å². The van der Waals surface area contributed by atoms with Crippen molar-refractivity contribution in [2.45, 2.75) is 0 Å². The van der Waals surface area contributed by atoms with Crippen LogP contribution in [0, 0.1) is 6.42 Å². The summed E-state index contributed by atoms with van der Waals surface area (Å²) in [5.74, 6) is 0. The molecule has 0 unspecified atom stereocenters. The first-order chi connectivity index (χ1) is 4.41. The van der Waals surface area contributed by atoms with Crippen molar-refractivity contribution in [2.75, 3.05) is 13.1 Å². The highest BCUT2D eigenvalue weighted by Crippen LogP contribution is 1.65. The van der Waals surface area contributed by atoms with E-state index in [1.54, 1.807) is 6.42 Å². The Kier molecular flexibility index (Phi) is 6.12. The lowest BCUT2D eigenvalue weighted by molar-refractivity contribution is -0.109. The first-order valence-electron chi connectivity index (χ1n) is 2.57. The Hall–Kier alpha value is -1.06. The normalized spacial score (nSPS) is 8.00. The van der Waals surface area contributed by atoms with Crippen LogP contribution >= 0.6 is 0 Å². The number of nitrogens with one attached hydrogen (secondary N) is 2. The average molecular weight is 129 g/mol. The molecule has 0 rings (SSSR count). The lowest BCUT2D eigenvalue weighted by Gasteiger charge is -1.95. The van der Waals surface area contributed by atoms with Crippen LogP contribution in [0.15, 0.2) is 0 Å². The van der Waals surface area contributed by atoms with Crippen LogP contribution < -0.4 is 10.6 Å². The van der Waals surface area contributed by atoms with Gasteiger partial charge in [-0.05, 0) is 6.42 Å². The maximum absolute atomic E-state index is 9.62. The SMILES string of the molecule is O=CNC[CH]CNC=O. The minimum absolute atomic E-state index is 0.490. The van der Waals surface area contributed by atoms with E-state index in [1.165, 1.54) is 0 Å². The van der Waals surface area contributed by atoms with Gasteiger partial charge in [-0.25, -0.2) is 0 Å². The average Bonchev–Trinajstić information content (AvgIpc) is 1.89. The number of carbonyl (C=O) groups excluding carboxylic acids is 2. The summed E-state index contributed by atoms with van der Waals surface area (Å²) in [6.07, 6.45) is 2.96. The van der Waals surface area contributed by atoms with Gasteiger partial charge in [0.15, 0.2) is 0 Å². The molecule has 0 aromatic rings. The van der Waals surface area contributed by atoms with Crippen molar-refractivity contribution < 1.29 is 9.59 Å². The number of amides is 2. The van der Waals surface area contributed by atoms with Crippen LogP contribution in [0.5, 0.6) is 0 Å². The van der Waals surface area contributed by atoms with Crippen molar-refractivity contribution >= 4 is 12.8 Å². The standard InChI is InChI=1S/C5H9N2O2/c8-4-6-2-1-3-7-5-9/h1,4-5H,2-3H2,(H,6,8)(H,7,9). The van der Waals surface area contributed by atoms with Crippen LogP contribution in [0.2, 0.25) is 0 Å². The maximum atomic E-state index is 9.62. The second kappa shape index (κ2) is 6.94. The van der Waals surface area contributed by atoms with Gasteiger partial charge in [-0.2, -0.15) is 0 Å². The Labute approximate surface area is 53.6 Å². The highest BCUT2D eigenvalue weighted by atomic mass is 16.1. The van der Waals surface area contributed by atoms with Gasteiger partial charge in [-0.3, -0.25) is 9.59 Å². The maximum Gasteiger partial charge on any atom is 0.207 e. The third-order valence-corrected chi connectivity index (χ3v) is 0.691. The third-order valence-electron chi connectivity index (χ3n) is 0.691. The Morgan fingerprint density at radius 1 is 1.00 bits per heavy atom. The Bertz CT molecular complexity index is 75.0. The summed E-state index contributed by atoms with van der Waals surface area (Å²) in [5, 5.41) is 4.83. The van der Waals surface area contributed by atoms with Crippen LogP contribution in [0.3, 0.4) is 0 Å².